The van der Waals surface area contributed by atoms with Gasteiger partial charge in [-0.2, -0.15) is 0 Å². The van der Waals surface area contributed by atoms with E-state index < -0.39 is 0 Å². The molecule has 0 aromatic carbocycles. The van der Waals surface area contributed by atoms with Crippen molar-refractivity contribution in [3.63, 3.8) is 0 Å². The van der Waals surface area contributed by atoms with Crippen molar-refractivity contribution in [2.24, 2.45) is 0 Å². The van der Waals surface area contributed by atoms with E-state index in [-0.39, 0.29) is 11.9 Å². The SMILES string of the molecule is Cc1cc(CNC(=O)[C@H](C)N(C)C2CCCCC2)ccn1. The molecule has 1 aliphatic rings. The predicted octanol–water partition coefficient (Wildman–Crippen LogP) is 2.66. The zero-order valence-electron chi connectivity index (χ0n) is 13.4. The second kappa shape index (κ2) is 7.55. The molecule has 1 N–H and O–H groups in total. The average molecular weight is 289 g/mol. The van der Waals surface area contributed by atoms with E-state index in [1.54, 1.807) is 6.20 Å². The highest BCUT2D eigenvalue weighted by Crippen LogP contribution is 2.22. The van der Waals surface area contributed by atoms with Crippen molar-refractivity contribution in [2.75, 3.05) is 7.05 Å². The van der Waals surface area contributed by atoms with E-state index in [0.29, 0.717) is 12.6 Å². The number of hydrogen-bond acceptors (Lipinski definition) is 3. The third-order valence-corrected chi connectivity index (χ3v) is 4.57. The molecule has 0 radical (unpaired) electrons. The Bertz CT molecular complexity index is 469. The second-order valence-electron chi connectivity index (χ2n) is 6.16. The minimum atomic E-state index is -0.0731. The zero-order chi connectivity index (χ0) is 15.2. The van der Waals surface area contributed by atoms with Gasteiger partial charge in [-0.15, -0.1) is 0 Å². The molecule has 1 heterocycles. The summed E-state index contributed by atoms with van der Waals surface area (Å²) in [6.07, 6.45) is 8.15. The Morgan fingerprint density at radius 2 is 2.14 bits per heavy atom. The molecular formula is C17H27N3O. The monoisotopic (exact) mass is 289 g/mol. The number of carbonyl (C=O) groups excluding carboxylic acids is 1. The molecule has 0 saturated heterocycles. The van der Waals surface area contributed by atoms with Crippen molar-refractivity contribution in [1.82, 2.24) is 15.2 Å². The van der Waals surface area contributed by atoms with Crippen LogP contribution in [0.25, 0.3) is 0 Å². The van der Waals surface area contributed by atoms with Crippen molar-refractivity contribution >= 4 is 5.91 Å². The molecule has 1 atom stereocenters. The molecule has 0 aliphatic heterocycles. The minimum Gasteiger partial charge on any atom is -0.351 e. The van der Waals surface area contributed by atoms with E-state index in [1.165, 1.54) is 32.1 Å². The summed E-state index contributed by atoms with van der Waals surface area (Å²) < 4.78 is 0. The van der Waals surface area contributed by atoms with Crippen LogP contribution in [0.5, 0.6) is 0 Å². The molecule has 1 aromatic heterocycles. The Balaban J connectivity index is 1.84. The summed E-state index contributed by atoms with van der Waals surface area (Å²) in [5, 5.41) is 3.04. The Morgan fingerprint density at radius 1 is 1.43 bits per heavy atom. The molecule has 1 saturated carbocycles. The number of nitrogens with one attached hydrogen (secondary N) is 1. The summed E-state index contributed by atoms with van der Waals surface area (Å²) in [4.78, 5) is 18.7. The van der Waals surface area contributed by atoms with Gasteiger partial charge in [0.2, 0.25) is 5.91 Å². The van der Waals surface area contributed by atoms with Crippen molar-refractivity contribution in [3.8, 4) is 0 Å². The van der Waals surface area contributed by atoms with Crippen molar-refractivity contribution in [3.05, 3.63) is 29.6 Å². The molecule has 1 aliphatic carbocycles. The van der Waals surface area contributed by atoms with Gasteiger partial charge in [0.05, 0.1) is 6.04 Å². The van der Waals surface area contributed by atoms with Crippen LogP contribution in [0.4, 0.5) is 0 Å². The number of rotatable bonds is 5. The minimum absolute atomic E-state index is 0.0731. The number of pyridine rings is 1. The first-order chi connectivity index (χ1) is 10.1. The normalized spacial score (nSPS) is 17.7. The van der Waals surface area contributed by atoms with Gasteiger partial charge in [-0.25, -0.2) is 0 Å². The lowest BCUT2D eigenvalue weighted by Crippen LogP contribution is -2.48. The van der Waals surface area contributed by atoms with E-state index >= 15 is 0 Å². The van der Waals surface area contributed by atoms with Crippen LogP contribution in [0.2, 0.25) is 0 Å². The van der Waals surface area contributed by atoms with Gasteiger partial charge in [-0.05, 0) is 51.4 Å². The van der Waals surface area contributed by atoms with Crippen LogP contribution in [0.3, 0.4) is 0 Å². The lowest BCUT2D eigenvalue weighted by atomic mass is 9.93. The van der Waals surface area contributed by atoms with E-state index in [9.17, 15) is 4.79 Å². The molecule has 0 unspecified atom stereocenters. The van der Waals surface area contributed by atoms with Crippen molar-refractivity contribution in [2.45, 2.75) is 64.6 Å². The number of likely N-dealkylation sites (N-methyl/N-ethyl adjacent to an activating group) is 1. The number of hydrogen-bond donors (Lipinski definition) is 1. The Labute approximate surface area is 127 Å². The van der Waals surface area contributed by atoms with Gasteiger partial charge in [0.15, 0.2) is 0 Å². The van der Waals surface area contributed by atoms with Crippen LogP contribution in [-0.2, 0) is 11.3 Å². The maximum absolute atomic E-state index is 12.3. The van der Waals surface area contributed by atoms with Crippen LogP contribution in [0, 0.1) is 6.92 Å². The summed E-state index contributed by atoms with van der Waals surface area (Å²) in [6, 6.07) is 4.44. The summed E-state index contributed by atoms with van der Waals surface area (Å²) >= 11 is 0. The molecule has 1 aromatic rings. The van der Waals surface area contributed by atoms with Gasteiger partial charge < -0.3 is 5.32 Å². The average Bonchev–Trinajstić information content (AvgIpc) is 2.52. The van der Waals surface area contributed by atoms with Crippen molar-refractivity contribution < 1.29 is 4.79 Å². The Morgan fingerprint density at radius 3 is 2.81 bits per heavy atom. The summed E-state index contributed by atoms with van der Waals surface area (Å²) in [5.41, 5.74) is 2.08. The van der Waals surface area contributed by atoms with Crippen LogP contribution in [0.15, 0.2) is 18.3 Å². The quantitative estimate of drug-likeness (QED) is 0.906. The van der Waals surface area contributed by atoms with Gasteiger partial charge >= 0.3 is 0 Å². The van der Waals surface area contributed by atoms with E-state index in [0.717, 1.165) is 11.3 Å². The second-order valence-corrected chi connectivity index (χ2v) is 6.16. The smallest absolute Gasteiger partial charge is 0.237 e. The molecule has 4 heteroatoms. The first-order valence-electron chi connectivity index (χ1n) is 7.99. The summed E-state index contributed by atoms with van der Waals surface area (Å²) in [7, 11) is 2.08. The summed E-state index contributed by atoms with van der Waals surface area (Å²) in [6.45, 7) is 4.54. The maximum atomic E-state index is 12.3. The number of aryl methyl sites for hydroxylation is 1. The first kappa shape index (κ1) is 16.0. The predicted molar refractivity (Wildman–Crippen MR) is 84.9 cm³/mol. The molecule has 1 amide bonds. The standard InChI is InChI=1S/C17H27N3O/c1-13-11-15(9-10-18-13)12-19-17(21)14(2)20(3)16-7-5-4-6-8-16/h9-11,14,16H,4-8,12H2,1-3H3,(H,19,21)/t14-/m0/s1. The van der Waals surface area contributed by atoms with Crippen LogP contribution in [-0.4, -0.2) is 34.9 Å². The highest BCUT2D eigenvalue weighted by molar-refractivity contribution is 5.81. The highest BCUT2D eigenvalue weighted by atomic mass is 16.2. The largest absolute Gasteiger partial charge is 0.351 e. The molecular weight excluding hydrogens is 262 g/mol. The maximum Gasteiger partial charge on any atom is 0.237 e. The van der Waals surface area contributed by atoms with E-state index in [1.807, 2.05) is 26.0 Å². The van der Waals surface area contributed by atoms with Crippen LogP contribution < -0.4 is 5.32 Å². The molecule has 4 nitrogen and oxygen atoms in total. The van der Waals surface area contributed by atoms with Gasteiger partial charge in [-0.3, -0.25) is 14.7 Å². The lowest BCUT2D eigenvalue weighted by Gasteiger charge is -2.34. The molecule has 1 fully saturated rings. The molecule has 2 rings (SSSR count). The number of nitrogens with zero attached hydrogens (tertiary/aromatic N) is 2. The fourth-order valence-electron chi connectivity index (χ4n) is 3.04. The van der Waals surface area contributed by atoms with Gasteiger partial charge in [0.1, 0.15) is 0 Å². The number of amides is 1. The van der Waals surface area contributed by atoms with Gasteiger partial charge in [-0.1, -0.05) is 19.3 Å². The Kier molecular flexibility index (Phi) is 5.74. The first-order valence-corrected chi connectivity index (χ1v) is 7.99. The lowest BCUT2D eigenvalue weighted by molar-refractivity contribution is -0.126. The fourth-order valence-corrected chi connectivity index (χ4v) is 3.04. The zero-order valence-corrected chi connectivity index (χ0v) is 13.4. The van der Waals surface area contributed by atoms with E-state index in [2.05, 4.69) is 22.2 Å². The molecule has 0 spiro atoms. The van der Waals surface area contributed by atoms with Gasteiger partial charge in [0.25, 0.3) is 0 Å². The summed E-state index contributed by atoms with van der Waals surface area (Å²) in [5.74, 6) is 0.109. The molecule has 21 heavy (non-hydrogen) atoms. The highest BCUT2D eigenvalue weighted by Gasteiger charge is 2.25. The van der Waals surface area contributed by atoms with Crippen molar-refractivity contribution in [1.29, 1.82) is 0 Å². The fraction of sp³-hybridized carbons (Fsp3) is 0.647. The van der Waals surface area contributed by atoms with Crippen LogP contribution in [0.1, 0.15) is 50.3 Å². The number of carbonyl (C=O) groups is 1. The topological polar surface area (TPSA) is 45.2 Å². The number of aromatic nitrogens is 1. The third-order valence-electron chi connectivity index (χ3n) is 4.57. The third kappa shape index (κ3) is 4.53. The van der Waals surface area contributed by atoms with Crippen LogP contribution >= 0.6 is 0 Å². The van der Waals surface area contributed by atoms with E-state index in [4.69, 9.17) is 0 Å². The van der Waals surface area contributed by atoms with Gasteiger partial charge in [0, 0.05) is 24.5 Å². The Hall–Kier alpha value is -1.42. The molecule has 116 valence electrons. The molecule has 0 bridgehead atoms.